The van der Waals surface area contributed by atoms with E-state index in [0.717, 1.165) is 12.1 Å². The van der Waals surface area contributed by atoms with Crippen LogP contribution in [-0.4, -0.2) is 17.0 Å². The fourth-order valence-corrected chi connectivity index (χ4v) is 1.54. The number of benzene rings is 1. The first-order valence-electron chi connectivity index (χ1n) is 5.42. The number of carbonyl (C=O) groups excluding carboxylic acids is 1. The van der Waals surface area contributed by atoms with Crippen molar-refractivity contribution < 1.29 is 10.0 Å². The number of nitrogens with zero attached hydrogens (tertiary/aromatic N) is 1. The summed E-state index contributed by atoms with van der Waals surface area (Å²) >= 11 is 0. The van der Waals surface area contributed by atoms with E-state index in [1.165, 1.54) is 11.1 Å². The zero-order valence-electron chi connectivity index (χ0n) is 10.0. The van der Waals surface area contributed by atoms with E-state index >= 15 is 0 Å². The van der Waals surface area contributed by atoms with Crippen LogP contribution in [0.3, 0.4) is 0 Å². The Balaban J connectivity index is 2.72. The van der Waals surface area contributed by atoms with Crippen LogP contribution in [0.4, 0.5) is 5.69 Å². The van der Waals surface area contributed by atoms with Crippen molar-refractivity contribution in [3.63, 3.8) is 0 Å². The number of nitrogens with one attached hydrogen (secondary N) is 1. The summed E-state index contributed by atoms with van der Waals surface area (Å²) in [6.07, 6.45) is 0.793. The van der Waals surface area contributed by atoms with Crippen molar-refractivity contribution in [3.05, 3.63) is 29.3 Å². The lowest BCUT2D eigenvalue weighted by atomic mass is 10.1. The van der Waals surface area contributed by atoms with Gasteiger partial charge in [-0.3, -0.25) is 4.79 Å². The van der Waals surface area contributed by atoms with Gasteiger partial charge < -0.3 is 16.3 Å². The minimum atomic E-state index is -0.300. The third-order valence-corrected chi connectivity index (χ3v) is 2.48. The molecule has 0 aliphatic rings. The minimum Gasteiger partial charge on any atom is -0.409 e. The molecule has 0 radical (unpaired) electrons. The molecular formula is C12H17N3O2. The summed E-state index contributed by atoms with van der Waals surface area (Å²) in [6.45, 7) is 4.09. The highest BCUT2D eigenvalue weighted by Crippen LogP contribution is 2.15. The number of anilines is 1. The molecule has 0 aliphatic carbocycles. The van der Waals surface area contributed by atoms with Crippen molar-refractivity contribution >= 4 is 17.4 Å². The second kappa shape index (κ2) is 5.89. The Morgan fingerprint density at radius 2 is 2.24 bits per heavy atom. The summed E-state index contributed by atoms with van der Waals surface area (Å²) in [6, 6.07) is 5.72. The smallest absolute Gasteiger partial charge is 0.232 e. The Bertz CT molecular complexity index is 441. The van der Waals surface area contributed by atoms with E-state index in [-0.39, 0.29) is 18.2 Å². The quantitative estimate of drug-likeness (QED) is 0.321. The van der Waals surface area contributed by atoms with Gasteiger partial charge in [-0.05, 0) is 36.6 Å². The van der Waals surface area contributed by atoms with E-state index in [1.807, 2.05) is 25.1 Å². The van der Waals surface area contributed by atoms with Gasteiger partial charge in [0.15, 0.2) is 0 Å². The summed E-state index contributed by atoms with van der Waals surface area (Å²) in [5.74, 6) is -0.406. The summed E-state index contributed by atoms with van der Waals surface area (Å²) in [4.78, 5) is 11.5. The number of aryl methyl sites for hydroxylation is 2. The topological polar surface area (TPSA) is 87.7 Å². The van der Waals surface area contributed by atoms with E-state index < -0.39 is 0 Å². The van der Waals surface area contributed by atoms with Gasteiger partial charge in [0.05, 0.1) is 6.42 Å². The molecule has 5 heteroatoms. The monoisotopic (exact) mass is 235 g/mol. The van der Waals surface area contributed by atoms with Gasteiger partial charge >= 0.3 is 0 Å². The average molecular weight is 235 g/mol. The van der Waals surface area contributed by atoms with Crippen LogP contribution in [0.15, 0.2) is 23.4 Å². The number of hydrogen-bond acceptors (Lipinski definition) is 3. The molecule has 5 nitrogen and oxygen atoms in total. The van der Waals surface area contributed by atoms with Crippen molar-refractivity contribution in [1.29, 1.82) is 0 Å². The lowest BCUT2D eigenvalue weighted by molar-refractivity contribution is -0.115. The van der Waals surface area contributed by atoms with E-state index in [9.17, 15) is 4.79 Å². The zero-order chi connectivity index (χ0) is 12.8. The number of hydrogen-bond donors (Lipinski definition) is 3. The van der Waals surface area contributed by atoms with Crippen molar-refractivity contribution in [2.75, 3.05) is 5.32 Å². The van der Waals surface area contributed by atoms with Crippen molar-refractivity contribution in [2.45, 2.75) is 26.7 Å². The molecule has 0 heterocycles. The maximum Gasteiger partial charge on any atom is 0.232 e. The lowest BCUT2D eigenvalue weighted by Crippen LogP contribution is -2.22. The molecule has 0 saturated heterocycles. The highest BCUT2D eigenvalue weighted by Gasteiger charge is 2.06. The van der Waals surface area contributed by atoms with E-state index in [1.54, 1.807) is 0 Å². The first-order valence-corrected chi connectivity index (χ1v) is 5.42. The predicted molar refractivity (Wildman–Crippen MR) is 67.2 cm³/mol. The van der Waals surface area contributed by atoms with Gasteiger partial charge in [-0.1, -0.05) is 18.1 Å². The molecule has 1 rings (SSSR count). The van der Waals surface area contributed by atoms with Crippen LogP contribution in [0.2, 0.25) is 0 Å². The Kier molecular flexibility index (Phi) is 4.51. The fraction of sp³-hybridized carbons (Fsp3) is 0.333. The standard InChI is InChI=1S/C12H17N3O2/c1-3-9-6-10(5-4-8(9)2)14-12(16)7-11(13)15-17/h4-6,17H,3,7H2,1-2H3,(H2,13,15)(H,14,16). The summed E-state index contributed by atoms with van der Waals surface area (Å²) in [5.41, 5.74) is 8.35. The second-order valence-electron chi connectivity index (χ2n) is 3.81. The first-order chi connectivity index (χ1) is 8.06. The Morgan fingerprint density at radius 1 is 1.53 bits per heavy atom. The van der Waals surface area contributed by atoms with Crippen LogP contribution >= 0.6 is 0 Å². The highest BCUT2D eigenvalue weighted by molar-refractivity contribution is 6.04. The van der Waals surface area contributed by atoms with Gasteiger partial charge in [-0.15, -0.1) is 0 Å². The number of rotatable bonds is 4. The normalized spacial score (nSPS) is 11.3. The molecule has 1 aromatic rings. The van der Waals surface area contributed by atoms with Gasteiger partial charge in [-0.25, -0.2) is 0 Å². The molecule has 0 bridgehead atoms. The molecule has 0 unspecified atom stereocenters. The van der Waals surface area contributed by atoms with Crippen LogP contribution in [0.25, 0.3) is 0 Å². The molecule has 0 atom stereocenters. The maximum absolute atomic E-state index is 11.5. The fourth-order valence-electron chi connectivity index (χ4n) is 1.54. The van der Waals surface area contributed by atoms with E-state index in [2.05, 4.69) is 17.4 Å². The second-order valence-corrected chi connectivity index (χ2v) is 3.81. The average Bonchev–Trinajstić information content (AvgIpc) is 2.31. The van der Waals surface area contributed by atoms with Crippen LogP contribution < -0.4 is 11.1 Å². The largest absolute Gasteiger partial charge is 0.409 e. The van der Waals surface area contributed by atoms with E-state index in [0.29, 0.717) is 0 Å². The number of nitrogens with two attached hydrogens (primary N) is 1. The number of carbonyl (C=O) groups is 1. The molecule has 4 N–H and O–H groups in total. The van der Waals surface area contributed by atoms with Gasteiger partial charge in [0.25, 0.3) is 0 Å². The third-order valence-electron chi connectivity index (χ3n) is 2.48. The van der Waals surface area contributed by atoms with Crippen LogP contribution in [0.1, 0.15) is 24.5 Å². The summed E-state index contributed by atoms with van der Waals surface area (Å²) < 4.78 is 0. The molecular weight excluding hydrogens is 218 g/mol. The number of amides is 1. The molecule has 0 aliphatic heterocycles. The van der Waals surface area contributed by atoms with Gasteiger partial charge in [-0.2, -0.15) is 0 Å². The Labute approximate surface area is 100 Å². The van der Waals surface area contributed by atoms with Crippen molar-refractivity contribution in [3.8, 4) is 0 Å². The predicted octanol–water partition coefficient (Wildman–Crippen LogP) is 1.63. The van der Waals surface area contributed by atoms with Gasteiger partial charge in [0.1, 0.15) is 5.84 Å². The molecule has 0 aromatic heterocycles. The Morgan fingerprint density at radius 3 is 2.82 bits per heavy atom. The molecule has 92 valence electrons. The van der Waals surface area contributed by atoms with Crippen LogP contribution in [0.5, 0.6) is 0 Å². The van der Waals surface area contributed by atoms with Crippen molar-refractivity contribution in [1.82, 2.24) is 0 Å². The SMILES string of the molecule is CCc1cc(NC(=O)C/C(N)=N/O)ccc1C. The van der Waals surface area contributed by atoms with E-state index in [4.69, 9.17) is 10.9 Å². The van der Waals surface area contributed by atoms with Crippen molar-refractivity contribution in [2.24, 2.45) is 10.9 Å². The molecule has 1 aromatic carbocycles. The molecule has 0 spiro atoms. The van der Waals surface area contributed by atoms with Crippen LogP contribution in [-0.2, 0) is 11.2 Å². The van der Waals surface area contributed by atoms with Gasteiger partial charge in [0.2, 0.25) is 5.91 Å². The number of amidine groups is 1. The third kappa shape index (κ3) is 3.79. The maximum atomic E-state index is 11.5. The molecule has 1 amide bonds. The first kappa shape index (κ1) is 13.0. The summed E-state index contributed by atoms with van der Waals surface area (Å²) in [5, 5.41) is 13.8. The minimum absolute atomic E-state index is 0.106. The number of oxime groups is 1. The zero-order valence-corrected chi connectivity index (χ0v) is 10.0. The molecule has 17 heavy (non-hydrogen) atoms. The van der Waals surface area contributed by atoms with Gasteiger partial charge in [0, 0.05) is 5.69 Å². The molecule has 0 fully saturated rings. The molecule has 0 saturated carbocycles. The Hall–Kier alpha value is -2.04. The highest BCUT2D eigenvalue weighted by atomic mass is 16.4. The summed E-state index contributed by atoms with van der Waals surface area (Å²) in [7, 11) is 0. The lowest BCUT2D eigenvalue weighted by Gasteiger charge is -2.08. The van der Waals surface area contributed by atoms with Crippen LogP contribution in [0, 0.1) is 6.92 Å².